The SMILES string of the molecule is COC(=O)c1[nH]c2ccc(Br)cc2c1NC(=O)c1ccc(C(F)(F)F)cc1. The van der Waals surface area contributed by atoms with Crippen LogP contribution in [0.25, 0.3) is 10.9 Å². The van der Waals surface area contributed by atoms with Gasteiger partial charge in [-0.2, -0.15) is 13.2 Å². The summed E-state index contributed by atoms with van der Waals surface area (Å²) in [6, 6.07) is 8.94. The van der Waals surface area contributed by atoms with Crippen LogP contribution in [0, 0.1) is 0 Å². The van der Waals surface area contributed by atoms with Crippen LogP contribution in [-0.4, -0.2) is 24.0 Å². The van der Waals surface area contributed by atoms with Crippen molar-refractivity contribution < 1.29 is 27.5 Å². The summed E-state index contributed by atoms with van der Waals surface area (Å²) in [6.07, 6.45) is -4.49. The number of benzene rings is 2. The number of ether oxygens (including phenoxy) is 1. The normalized spacial score (nSPS) is 11.4. The Morgan fingerprint density at radius 2 is 1.78 bits per heavy atom. The Kier molecular flexibility index (Phi) is 4.97. The molecule has 2 N–H and O–H groups in total. The molecule has 0 saturated heterocycles. The molecule has 140 valence electrons. The number of rotatable bonds is 3. The van der Waals surface area contributed by atoms with E-state index >= 15 is 0 Å². The minimum Gasteiger partial charge on any atom is -0.464 e. The lowest BCUT2D eigenvalue weighted by atomic mass is 10.1. The van der Waals surface area contributed by atoms with E-state index in [-0.39, 0.29) is 16.9 Å². The number of aromatic amines is 1. The van der Waals surface area contributed by atoms with Gasteiger partial charge < -0.3 is 15.0 Å². The van der Waals surface area contributed by atoms with Crippen molar-refractivity contribution in [2.24, 2.45) is 0 Å². The number of carbonyl (C=O) groups excluding carboxylic acids is 2. The zero-order chi connectivity index (χ0) is 19.8. The van der Waals surface area contributed by atoms with Crippen molar-refractivity contribution in [3.8, 4) is 0 Å². The van der Waals surface area contributed by atoms with Crippen LogP contribution in [-0.2, 0) is 10.9 Å². The van der Waals surface area contributed by atoms with Crippen molar-refractivity contribution in [3.63, 3.8) is 0 Å². The number of amides is 1. The molecule has 0 aliphatic carbocycles. The molecule has 2 aromatic carbocycles. The molecule has 0 atom stereocenters. The van der Waals surface area contributed by atoms with Gasteiger partial charge >= 0.3 is 12.1 Å². The van der Waals surface area contributed by atoms with Crippen LogP contribution < -0.4 is 5.32 Å². The van der Waals surface area contributed by atoms with Gasteiger partial charge in [-0.3, -0.25) is 4.79 Å². The van der Waals surface area contributed by atoms with Crippen molar-refractivity contribution in [3.05, 3.63) is 63.8 Å². The first kappa shape index (κ1) is 19.0. The molecule has 0 spiro atoms. The molecule has 1 aromatic heterocycles. The highest BCUT2D eigenvalue weighted by atomic mass is 79.9. The number of methoxy groups -OCH3 is 1. The number of aromatic nitrogens is 1. The fraction of sp³-hybridized carbons (Fsp3) is 0.111. The fourth-order valence-electron chi connectivity index (χ4n) is 2.55. The number of fused-ring (bicyclic) bond motifs is 1. The second-order valence-electron chi connectivity index (χ2n) is 5.59. The Morgan fingerprint density at radius 1 is 1.11 bits per heavy atom. The van der Waals surface area contributed by atoms with E-state index in [1.165, 1.54) is 7.11 Å². The zero-order valence-electron chi connectivity index (χ0n) is 13.8. The van der Waals surface area contributed by atoms with Crippen LogP contribution in [0.1, 0.15) is 26.4 Å². The first-order valence-electron chi connectivity index (χ1n) is 7.59. The van der Waals surface area contributed by atoms with Gasteiger partial charge in [-0.1, -0.05) is 15.9 Å². The van der Waals surface area contributed by atoms with E-state index in [0.29, 0.717) is 10.9 Å². The highest BCUT2D eigenvalue weighted by Crippen LogP contribution is 2.32. The van der Waals surface area contributed by atoms with Crippen LogP contribution in [0.15, 0.2) is 46.9 Å². The molecule has 3 rings (SSSR count). The first-order chi connectivity index (χ1) is 12.7. The predicted octanol–water partition coefficient (Wildman–Crippen LogP) is 4.99. The maximum atomic E-state index is 12.7. The lowest BCUT2D eigenvalue weighted by molar-refractivity contribution is -0.137. The van der Waals surface area contributed by atoms with Crippen molar-refractivity contribution in [2.45, 2.75) is 6.18 Å². The Balaban J connectivity index is 1.99. The lowest BCUT2D eigenvalue weighted by Crippen LogP contribution is -2.15. The second kappa shape index (κ2) is 7.07. The van der Waals surface area contributed by atoms with Gasteiger partial charge in [0.1, 0.15) is 5.69 Å². The summed E-state index contributed by atoms with van der Waals surface area (Å²) in [6.45, 7) is 0. The van der Waals surface area contributed by atoms with Crippen molar-refractivity contribution in [2.75, 3.05) is 12.4 Å². The Labute approximate surface area is 159 Å². The van der Waals surface area contributed by atoms with E-state index in [2.05, 4.69) is 26.2 Å². The van der Waals surface area contributed by atoms with Crippen LogP contribution in [0.5, 0.6) is 0 Å². The van der Waals surface area contributed by atoms with E-state index in [9.17, 15) is 22.8 Å². The smallest absolute Gasteiger partial charge is 0.416 e. The van der Waals surface area contributed by atoms with Gasteiger partial charge in [0.25, 0.3) is 5.91 Å². The summed E-state index contributed by atoms with van der Waals surface area (Å²) < 4.78 is 43.4. The average molecular weight is 441 g/mol. The maximum Gasteiger partial charge on any atom is 0.416 e. The second-order valence-corrected chi connectivity index (χ2v) is 6.50. The number of hydrogen-bond donors (Lipinski definition) is 2. The Morgan fingerprint density at radius 3 is 2.37 bits per heavy atom. The number of esters is 1. The average Bonchev–Trinajstić information content (AvgIpc) is 2.98. The number of carbonyl (C=O) groups is 2. The topological polar surface area (TPSA) is 71.2 Å². The Hall–Kier alpha value is -2.81. The van der Waals surface area contributed by atoms with Gasteiger partial charge in [0.15, 0.2) is 0 Å². The molecule has 0 bridgehead atoms. The van der Waals surface area contributed by atoms with Crippen molar-refractivity contribution in [1.82, 2.24) is 4.98 Å². The van der Waals surface area contributed by atoms with Gasteiger partial charge in [0.2, 0.25) is 0 Å². The summed E-state index contributed by atoms with van der Waals surface area (Å²) >= 11 is 3.32. The fourth-order valence-corrected chi connectivity index (χ4v) is 2.91. The zero-order valence-corrected chi connectivity index (χ0v) is 15.4. The predicted molar refractivity (Wildman–Crippen MR) is 96.7 cm³/mol. The van der Waals surface area contributed by atoms with Crippen LogP contribution in [0.3, 0.4) is 0 Å². The van der Waals surface area contributed by atoms with Gasteiger partial charge in [-0.05, 0) is 42.5 Å². The minimum atomic E-state index is -4.49. The molecule has 1 amide bonds. The number of anilines is 1. The van der Waals surface area contributed by atoms with Crippen LogP contribution in [0.2, 0.25) is 0 Å². The monoisotopic (exact) mass is 440 g/mol. The first-order valence-corrected chi connectivity index (χ1v) is 8.38. The van der Waals surface area contributed by atoms with E-state index in [1.54, 1.807) is 18.2 Å². The molecule has 1 heterocycles. The van der Waals surface area contributed by atoms with E-state index in [0.717, 1.165) is 28.7 Å². The van der Waals surface area contributed by atoms with E-state index in [1.807, 2.05) is 0 Å². The number of halogens is 4. The number of H-pyrrole nitrogens is 1. The molecule has 0 aliphatic heterocycles. The number of nitrogens with one attached hydrogen (secondary N) is 2. The largest absolute Gasteiger partial charge is 0.464 e. The summed E-state index contributed by atoms with van der Waals surface area (Å²) in [4.78, 5) is 27.4. The lowest BCUT2D eigenvalue weighted by Gasteiger charge is -2.09. The third kappa shape index (κ3) is 3.82. The third-order valence-corrected chi connectivity index (χ3v) is 4.36. The molecule has 0 fully saturated rings. The molecular weight excluding hydrogens is 429 g/mol. The molecule has 5 nitrogen and oxygen atoms in total. The maximum absolute atomic E-state index is 12.7. The van der Waals surface area contributed by atoms with E-state index < -0.39 is 23.6 Å². The molecule has 0 unspecified atom stereocenters. The Bertz CT molecular complexity index is 1030. The van der Waals surface area contributed by atoms with Crippen LogP contribution >= 0.6 is 15.9 Å². The molecule has 27 heavy (non-hydrogen) atoms. The molecule has 3 aromatic rings. The standard InChI is InChI=1S/C18H12BrF3N2O3/c1-27-17(26)15-14(12-8-11(19)6-7-13(12)23-15)24-16(25)9-2-4-10(5-3-9)18(20,21)22/h2-8,23H,1H3,(H,24,25). The summed E-state index contributed by atoms with van der Waals surface area (Å²) in [5, 5.41) is 3.12. The molecular formula is C18H12BrF3N2O3. The summed E-state index contributed by atoms with van der Waals surface area (Å²) in [5.41, 5.74) is -0.0382. The number of alkyl halides is 3. The summed E-state index contributed by atoms with van der Waals surface area (Å²) in [7, 11) is 1.20. The van der Waals surface area contributed by atoms with Gasteiger partial charge in [-0.25, -0.2) is 4.79 Å². The highest BCUT2D eigenvalue weighted by Gasteiger charge is 2.30. The third-order valence-electron chi connectivity index (χ3n) is 3.86. The molecule has 0 aliphatic rings. The molecule has 9 heteroatoms. The highest BCUT2D eigenvalue weighted by molar-refractivity contribution is 9.10. The van der Waals surface area contributed by atoms with Gasteiger partial charge in [-0.15, -0.1) is 0 Å². The van der Waals surface area contributed by atoms with E-state index in [4.69, 9.17) is 4.74 Å². The van der Waals surface area contributed by atoms with Crippen LogP contribution in [0.4, 0.5) is 18.9 Å². The van der Waals surface area contributed by atoms with Gasteiger partial charge in [0.05, 0.1) is 18.4 Å². The number of hydrogen-bond acceptors (Lipinski definition) is 3. The molecule has 0 saturated carbocycles. The molecule has 0 radical (unpaired) electrons. The van der Waals surface area contributed by atoms with Crippen molar-refractivity contribution >= 4 is 44.4 Å². The van der Waals surface area contributed by atoms with Crippen molar-refractivity contribution in [1.29, 1.82) is 0 Å². The summed E-state index contributed by atoms with van der Waals surface area (Å²) in [5.74, 6) is -1.35. The van der Waals surface area contributed by atoms with Gasteiger partial charge in [0, 0.05) is 20.9 Å². The minimum absolute atomic E-state index is 0.0168. The quantitative estimate of drug-likeness (QED) is 0.563.